The van der Waals surface area contributed by atoms with E-state index in [-0.39, 0.29) is 6.04 Å². The van der Waals surface area contributed by atoms with Gasteiger partial charge in [-0.25, -0.2) is 13.1 Å². The van der Waals surface area contributed by atoms with Gasteiger partial charge >= 0.3 is 0 Å². The van der Waals surface area contributed by atoms with E-state index in [1.165, 1.54) is 25.7 Å². The average Bonchev–Trinajstić information content (AvgIpc) is 2.56. The molecule has 1 saturated heterocycles. The summed E-state index contributed by atoms with van der Waals surface area (Å²) in [5.74, 6) is 0. The van der Waals surface area contributed by atoms with Crippen molar-refractivity contribution in [1.29, 1.82) is 0 Å². The van der Waals surface area contributed by atoms with Crippen LogP contribution in [0, 0.1) is 0 Å². The molecule has 1 N–H and O–H groups in total. The number of halogens is 1. The van der Waals surface area contributed by atoms with E-state index in [4.69, 9.17) is 11.6 Å². The third-order valence-corrected chi connectivity index (χ3v) is 6.78. The lowest BCUT2D eigenvalue weighted by Crippen LogP contribution is -2.54. The zero-order chi connectivity index (χ0) is 16.3. The SMILES string of the molecule is O=S(=O)(N[C@H]1CCCC[C@H]1N1CCCCC1)c1ccc(Cl)cc1. The lowest BCUT2D eigenvalue weighted by Gasteiger charge is -2.41. The molecule has 1 aliphatic heterocycles. The van der Waals surface area contributed by atoms with E-state index in [2.05, 4.69) is 9.62 Å². The Bertz CT molecular complexity index is 612. The molecule has 1 saturated carbocycles. The molecular formula is C17H25ClN2O2S. The second kappa shape index (κ2) is 7.51. The number of rotatable bonds is 4. The Hall–Kier alpha value is -0.620. The summed E-state index contributed by atoms with van der Waals surface area (Å²) >= 11 is 5.86. The van der Waals surface area contributed by atoms with E-state index in [1.807, 2.05) is 0 Å². The normalized spacial score (nSPS) is 27.0. The van der Waals surface area contributed by atoms with Crippen molar-refractivity contribution < 1.29 is 8.42 Å². The van der Waals surface area contributed by atoms with E-state index in [0.29, 0.717) is 16.0 Å². The topological polar surface area (TPSA) is 49.4 Å². The molecule has 0 aromatic heterocycles. The maximum atomic E-state index is 12.7. The van der Waals surface area contributed by atoms with Gasteiger partial charge in [0.1, 0.15) is 0 Å². The molecule has 0 amide bonds. The first-order chi connectivity index (χ1) is 11.1. The molecule has 128 valence electrons. The third-order valence-electron chi connectivity index (χ3n) is 5.02. The van der Waals surface area contributed by atoms with E-state index in [1.54, 1.807) is 24.3 Å². The van der Waals surface area contributed by atoms with Gasteiger partial charge in [0.05, 0.1) is 4.90 Å². The first-order valence-corrected chi connectivity index (χ1v) is 10.4. The lowest BCUT2D eigenvalue weighted by atomic mass is 9.89. The van der Waals surface area contributed by atoms with Crippen molar-refractivity contribution in [3.05, 3.63) is 29.3 Å². The highest BCUT2D eigenvalue weighted by molar-refractivity contribution is 7.89. The van der Waals surface area contributed by atoms with Crippen LogP contribution in [0.25, 0.3) is 0 Å². The molecule has 1 aliphatic carbocycles. The standard InChI is InChI=1S/C17H25ClN2O2S/c18-14-8-10-15(11-9-14)23(21,22)19-16-6-2-3-7-17(16)20-12-4-1-5-13-20/h8-11,16-17,19H,1-7,12-13H2/t16-,17+/m0/s1. The Morgan fingerprint density at radius 1 is 0.957 bits per heavy atom. The van der Waals surface area contributed by atoms with Crippen LogP contribution in [0.3, 0.4) is 0 Å². The molecule has 2 atom stereocenters. The van der Waals surface area contributed by atoms with Crippen LogP contribution in [0.4, 0.5) is 0 Å². The van der Waals surface area contributed by atoms with Crippen molar-refractivity contribution in [2.75, 3.05) is 13.1 Å². The predicted octanol–water partition coefficient (Wildman–Crippen LogP) is 3.42. The number of sulfonamides is 1. The molecule has 0 unspecified atom stereocenters. The van der Waals surface area contributed by atoms with Crippen molar-refractivity contribution >= 4 is 21.6 Å². The van der Waals surface area contributed by atoms with Crippen LogP contribution in [-0.4, -0.2) is 38.5 Å². The number of hydrogen-bond donors (Lipinski definition) is 1. The molecular weight excluding hydrogens is 332 g/mol. The lowest BCUT2D eigenvalue weighted by molar-refractivity contribution is 0.109. The van der Waals surface area contributed by atoms with E-state index in [9.17, 15) is 8.42 Å². The first kappa shape index (κ1) is 17.2. The van der Waals surface area contributed by atoms with Crippen molar-refractivity contribution in [3.8, 4) is 0 Å². The summed E-state index contributed by atoms with van der Waals surface area (Å²) in [4.78, 5) is 2.79. The molecule has 0 radical (unpaired) electrons. The van der Waals surface area contributed by atoms with Gasteiger partial charge in [0.2, 0.25) is 10.0 Å². The molecule has 1 aromatic carbocycles. The first-order valence-electron chi connectivity index (χ1n) is 8.58. The fraction of sp³-hybridized carbons (Fsp3) is 0.647. The van der Waals surface area contributed by atoms with Gasteiger partial charge in [0.25, 0.3) is 0 Å². The molecule has 4 nitrogen and oxygen atoms in total. The van der Waals surface area contributed by atoms with Gasteiger partial charge in [-0.3, -0.25) is 4.90 Å². The highest BCUT2D eigenvalue weighted by Crippen LogP contribution is 2.27. The fourth-order valence-electron chi connectivity index (χ4n) is 3.82. The number of nitrogens with one attached hydrogen (secondary N) is 1. The summed E-state index contributed by atoms with van der Waals surface area (Å²) in [7, 11) is -3.48. The number of likely N-dealkylation sites (tertiary alicyclic amines) is 1. The van der Waals surface area contributed by atoms with Crippen LogP contribution in [0.5, 0.6) is 0 Å². The summed E-state index contributed by atoms with van der Waals surface area (Å²) in [6, 6.07) is 6.75. The van der Waals surface area contributed by atoms with E-state index >= 15 is 0 Å². The van der Waals surface area contributed by atoms with Gasteiger partial charge in [-0.05, 0) is 63.0 Å². The fourth-order valence-corrected chi connectivity index (χ4v) is 5.25. The van der Waals surface area contributed by atoms with Crippen LogP contribution in [0.2, 0.25) is 5.02 Å². The Morgan fingerprint density at radius 2 is 1.61 bits per heavy atom. The van der Waals surface area contributed by atoms with Crippen LogP contribution in [-0.2, 0) is 10.0 Å². The largest absolute Gasteiger partial charge is 0.299 e. The summed E-state index contributed by atoms with van der Waals surface area (Å²) < 4.78 is 28.3. The Morgan fingerprint density at radius 3 is 2.30 bits per heavy atom. The van der Waals surface area contributed by atoms with Gasteiger partial charge in [-0.2, -0.15) is 0 Å². The Balaban J connectivity index is 1.74. The average molecular weight is 357 g/mol. The van der Waals surface area contributed by atoms with Gasteiger partial charge in [0, 0.05) is 17.1 Å². The van der Waals surface area contributed by atoms with Gasteiger partial charge in [-0.15, -0.1) is 0 Å². The minimum atomic E-state index is -3.48. The second-order valence-electron chi connectivity index (χ2n) is 6.63. The van der Waals surface area contributed by atoms with Crippen LogP contribution < -0.4 is 4.72 Å². The maximum absolute atomic E-state index is 12.7. The number of hydrogen-bond acceptors (Lipinski definition) is 3. The number of piperidine rings is 1. The van der Waals surface area contributed by atoms with Crippen molar-refractivity contribution in [2.24, 2.45) is 0 Å². The molecule has 0 spiro atoms. The summed E-state index contributed by atoms with van der Waals surface area (Å²) in [5, 5.41) is 0.549. The van der Waals surface area contributed by atoms with E-state index in [0.717, 1.165) is 32.4 Å². The molecule has 2 fully saturated rings. The van der Waals surface area contributed by atoms with Crippen LogP contribution >= 0.6 is 11.6 Å². The summed E-state index contributed by atoms with van der Waals surface area (Å²) in [6.07, 6.45) is 8.06. The van der Waals surface area contributed by atoms with Gasteiger partial charge in [0.15, 0.2) is 0 Å². The molecule has 1 heterocycles. The molecule has 0 bridgehead atoms. The van der Waals surface area contributed by atoms with Gasteiger partial charge < -0.3 is 0 Å². The number of nitrogens with zero attached hydrogens (tertiary/aromatic N) is 1. The smallest absolute Gasteiger partial charge is 0.240 e. The molecule has 2 aliphatic rings. The minimum absolute atomic E-state index is 0.0162. The van der Waals surface area contributed by atoms with Crippen molar-refractivity contribution in [1.82, 2.24) is 9.62 Å². The van der Waals surface area contributed by atoms with Crippen LogP contribution in [0.1, 0.15) is 44.9 Å². The van der Waals surface area contributed by atoms with Gasteiger partial charge in [-0.1, -0.05) is 30.9 Å². The number of benzene rings is 1. The highest BCUT2D eigenvalue weighted by atomic mass is 35.5. The van der Waals surface area contributed by atoms with Crippen molar-refractivity contribution in [3.63, 3.8) is 0 Å². The molecule has 1 aromatic rings. The monoisotopic (exact) mass is 356 g/mol. The minimum Gasteiger partial charge on any atom is -0.299 e. The quantitative estimate of drug-likeness (QED) is 0.899. The molecule has 23 heavy (non-hydrogen) atoms. The Labute approximate surface area is 144 Å². The van der Waals surface area contributed by atoms with Crippen LogP contribution in [0.15, 0.2) is 29.2 Å². The highest BCUT2D eigenvalue weighted by Gasteiger charge is 2.33. The van der Waals surface area contributed by atoms with E-state index < -0.39 is 10.0 Å². The zero-order valence-electron chi connectivity index (χ0n) is 13.4. The zero-order valence-corrected chi connectivity index (χ0v) is 15.0. The predicted molar refractivity (Wildman–Crippen MR) is 93.2 cm³/mol. The van der Waals surface area contributed by atoms with Crippen molar-refractivity contribution in [2.45, 2.75) is 61.9 Å². The maximum Gasteiger partial charge on any atom is 0.240 e. The summed E-state index contributed by atoms with van der Waals surface area (Å²) in [5.41, 5.74) is 0. The third kappa shape index (κ3) is 4.27. The second-order valence-corrected chi connectivity index (χ2v) is 8.78. The molecule has 6 heteroatoms. The Kier molecular flexibility index (Phi) is 5.62. The molecule has 3 rings (SSSR count). The summed E-state index contributed by atoms with van der Waals surface area (Å²) in [6.45, 7) is 2.20.